The van der Waals surface area contributed by atoms with Crippen molar-refractivity contribution in [3.8, 4) is 5.88 Å². The van der Waals surface area contributed by atoms with Gasteiger partial charge in [-0.15, -0.1) is 0 Å². The Bertz CT molecular complexity index is 1520. The van der Waals surface area contributed by atoms with Crippen molar-refractivity contribution < 1.29 is 14.8 Å². The second-order valence-corrected chi connectivity index (χ2v) is 9.01. The zero-order chi connectivity index (χ0) is 24.5. The van der Waals surface area contributed by atoms with Gasteiger partial charge in [-0.25, -0.2) is 0 Å². The van der Waals surface area contributed by atoms with Crippen LogP contribution in [0.5, 0.6) is 5.88 Å². The Morgan fingerprint density at radius 3 is 2.46 bits per heavy atom. The smallest absolute Gasteiger partial charge is 0.307 e. The van der Waals surface area contributed by atoms with Crippen molar-refractivity contribution in [3.05, 3.63) is 114 Å². The van der Waals surface area contributed by atoms with Crippen LogP contribution in [0.4, 0.5) is 17.1 Å². The molecule has 10 heteroatoms. The number of carbonyl (C=O) groups excluding carboxylic acids is 1. The average Bonchev–Trinajstić information content (AvgIpc) is 3.35. The number of nitrogens with one attached hydrogen (secondary N) is 2. The van der Waals surface area contributed by atoms with Crippen LogP contribution in [0, 0.1) is 10.1 Å². The quantitative estimate of drug-likeness (QED) is 0.209. The van der Waals surface area contributed by atoms with Gasteiger partial charge in [0.05, 0.1) is 21.2 Å². The summed E-state index contributed by atoms with van der Waals surface area (Å²) in [6, 6.07) is 20.7. The van der Waals surface area contributed by atoms with E-state index in [1.165, 1.54) is 18.2 Å². The maximum Gasteiger partial charge on any atom is 0.307 e. The number of hydrogen-bond acceptors (Lipinski definition) is 7. The van der Waals surface area contributed by atoms with Gasteiger partial charge in [0.15, 0.2) is 0 Å². The number of carbonyl (C=O) groups is 1. The molecule has 174 valence electrons. The van der Waals surface area contributed by atoms with Gasteiger partial charge >= 0.3 is 4.87 Å². The first-order valence-electron chi connectivity index (χ1n) is 10.6. The Morgan fingerprint density at radius 1 is 1.06 bits per heavy atom. The molecule has 0 aliphatic carbocycles. The number of rotatable bonds is 6. The highest BCUT2D eigenvalue weighted by molar-refractivity contribution is 7.09. The number of aliphatic imine (C=N–C) groups is 1. The van der Waals surface area contributed by atoms with Crippen molar-refractivity contribution in [3.63, 3.8) is 0 Å². The summed E-state index contributed by atoms with van der Waals surface area (Å²) < 4.78 is 0. The highest BCUT2D eigenvalue weighted by Gasteiger charge is 2.36. The van der Waals surface area contributed by atoms with Gasteiger partial charge in [0, 0.05) is 29.8 Å². The van der Waals surface area contributed by atoms with E-state index in [2.05, 4.69) is 10.3 Å². The maximum absolute atomic E-state index is 13.0. The predicted molar refractivity (Wildman–Crippen MR) is 133 cm³/mol. The minimum atomic E-state index is -0.818. The first-order valence-corrected chi connectivity index (χ1v) is 11.4. The van der Waals surface area contributed by atoms with Crippen molar-refractivity contribution in [2.75, 3.05) is 5.32 Å². The van der Waals surface area contributed by atoms with E-state index in [0.717, 1.165) is 22.5 Å². The number of fused-ring (bicyclic) bond motifs is 1. The monoisotopic (exact) mass is 486 g/mol. The summed E-state index contributed by atoms with van der Waals surface area (Å²) in [5.74, 6) is -1.26. The van der Waals surface area contributed by atoms with E-state index in [1.807, 2.05) is 42.5 Å². The summed E-state index contributed by atoms with van der Waals surface area (Å²) >= 11 is 0.954. The average molecular weight is 487 g/mol. The Hall–Kier alpha value is -4.57. The lowest BCUT2D eigenvalue weighted by Gasteiger charge is -2.14. The third kappa shape index (κ3) is 4.46. The second-order valence-electron chi connectivity index (χ2n) is 7.94. The van der Waals surface area contributed by atoms with Crippen LogP contribution in [0.15, 0.2) is 82.6 Å². The molecule has 4 aromatic rings. The number of anilines is 1. The molecule has 5 rings (SSSR count). The van der Waals surface area contributed by atoms with Gasteiger partial charge in [0.25, 0.3) is 5.69 Å². The Labute approximate surface area is 202 Å². The Balaban J connectivity index is 1.54. The van der Waals surface area contributed by atoms with Gasteiger partial charge in [0.1, 0.15) is 5.92 Å². The molecule has 3 N–H and O–H groups in total. The normalized spacial score (nSPS) is 15.0. The fourth-order valence-electron chi connectivity index (χ4n) is 4.02. The van der Waals surface area contributed by atoms with E-state index in [4.69, 9.17) is 4.99 Å². The molecule has 1 aliphatic heterocycles. The van der Waals surface area contributed by atoms with Crippen molar-refractivity contribution in [1.82, 2.24) is 4.98 Å². The maximum atomic E-state index is 13.0. The van der Waals surface area contributed by atoms with Crippen LogP contribution < -0.4 is 10.2 Å². The molecule has 0 saturated heterocycles. The number of benzene rings is 3. The standard InChI is InChI=1S/C25H18N4O5S/c30-23-20(35-25(32)28-23)12-14-6-8-16(9-7-14)26-22(15-4-2-1-3-5-15)21-18-13-17(29(33)34)10-11-19(18)27-24(21)31/h1-11,13,21,30H,12H2,(H,27,31)(H,28,32). The largest absolute Gasteiger partial charge is 0.494 e. The van der Waals surface area contributed by atoms with E-state index >= 15 is 0 Å². The third-order valence-corrected chi connectivity index (χ3v) is 6.54. The minimum absolute atomic E-state index is 0.0997. The summed E-state index contributed by atoms with van der Waals surface area (Å²) in [6.45, 7) is 0. The number of amides is 1. The van der Waals surface area contributed by atoms with Crippen LogP contribution in [0.1, 0.15) is 27.5 Å². The van der Waals surface area contributed by atoms with E-state index < -0.39 is 10.8 Å². The molecule has 0 bridgehead atoms. The zero-order valence-electron chi connectivity index (χ0n) is 18.1. The lowest BCUT2D eigenvalue weighted by atomic mass is 9.90. The number of nitro groups is 1. The van der Waals surface area contributed by atoms with Crippen LogP contribution >= 0.6 is 11.3 Å². The van der Waals surface area contributed by atoms with Crippen LogP contribution in [0.2, 0.25) is 0 Å². The van der Waals surface area contributed by atoms with Crippen molar-refractivity contribution in [2.45, 2.75) is 12.3 Å². The number of aromatic amines is 1. The number of nitro benzene ring substituents is 1. The van der Waals surface area contributed by atoms with Crippen molar-refractivity contribution >= 4 is 40.0 Å². The summed E-state index contributed by atoms with van der Waals surface area (Å²) in [6.07, 6.45) is 0.382. The highest BCUT2D eigenvalue weighted by atomic mass is 32.1. The van der Waals surface area contributed by atoms with Crippen molar-refractivity contribution in [1.29, 1.82) is 0 Å². The summed E-state index contributed by atoms with van der Waals surface area (Å²) in [7, 11) is 0. The van der Waals surface area contributed by atoms with Crippen LogP contribution in [0.3, 0.4) is 0 Å². The zero-order valence-corrected chi connectivity index (χ0v) is 18.9. The Morgan fingerprint density at radius 2 is 1.80 bits per heavy atom. The van der Waals surface area contributed by atoms with E-state index in [1.54, 1.807) is 12.1 Å². The molecule has 0 fully saturated rings. The third-order valence-electron chi connectivity index (χ3n) is 5.67. The number of aromatic hydroxyl groups is 1. The number of thiazole rings is 1. The fourth-order valence-corrected chi connectivity index (χ4v) is 4.78. The predicted octanol–water partition coefficient (Wildman–Crippen LogP) is 4.50. The molecule has 0 radical (unpaired) electrons. The van der Waals surface area contributed by atoms with Gasteiger partial charge < -0.3 is 10.4 Å². The highest BCUT2D eigenvalue weighted by Crippen LogP contribution is 2.38. The molecule has 1 aliphatic rings. The Kier molecular flexibility index (Phi) is 5.71. The van der Waals surface area contributed by atoms with E-state index in [0.29, 0.717) is 33.9 Å². The molecule has 9 nitrogen and oxygen atoms in total. The lowest BCUT2D eigenvalue weighted by molar-refractivity contribution is -0.384. The molecule has 0 spiro atoms. The first kappa shape index (κ1) is 22.2. The van der Waals surface area contributed by atoms with E-state index in [-0.39, 0.29) is 22.3 Å². The first-order chi connectivity index (χ1) is 16.9. The van der Waals surface area contributed by atoms with Gasteiger partial charge in [-0.05, 0) is 29.3 Å². The fraction of sp³-hybridized carbons (Fsp3) is 0.0800. The van der Waals surface area contributed by atoms with Gasteiger partial charge in [0.2, 0.25) is 11.8 Å². The SMILES string of the molecule is O=C1Nc2ccc([N+](=O)[O-])cc2C1C(=Nc1ccc(Cc2sc(=O)[nH]c2O)cc1)c1ccccc1. The second kappa shape index (κ2) is 8.99. The van der Waals surface area contributed by atoms with Gasteiger partial charge in [-0.1, -0.05) is 53.8 Å². The molecule has 1 aromatic heterocycles. The molecule has 3 aromatic carbocycles. The van der Waals surface area contributed by atoms with Crippen LogP contribution in [-0.4, -0.2) is 26.6 Å². The summed E-state index contributed by atoms with van der Waals surface area (Å²) in [4.78, 5) is 42.6. The molecule has 1 amide bonds. The number of hydrogen-bond donors (Lipinski definition) is 3. The van der Waals surface area contributed by atoms with Crippen LogP contribution in [-0.2, 0) is 11.2 Å². The van der Waals surface area contributed by atoms with Gasteiger partial charge in [-0.2, -0.15) is 0 Å². The molecule has 2 heterocycles. The summed E-state index contributed by atoms with van der Waals surface area (Å²) in [5, 5.41) is 24.0. The molecule has 1 atom stereocenters. The number of aromatic nitrogens is 1. The van der Waals surface area contributed by atoms with Gasteiger partial charge in [-0.3, -0.25) is 29.7 Å². The number of H-pyrrole nitrogens is 1. The van der Waals surface area contributed by atoms with Crippen molar-refractivity contribution in [2.24, 2.45) is 4.99 Å². The molecule has 0 saturated carbocycles. The molecular weight excluding hydrogens is 468 g/mol. The number of non-ortho nitro benzene ring substituents is 1. The topological polar surface area (TPSA) is 138 Å². The van der Waals surface area contributed by atoms with E-state index in [9.17, 15) is 24.8 Å². The lowest BCUT2D eigenvalue weighted by Crippen LogP contribution is -2.22. The molecular formula is C25H18N4O5S. The molecule has 35 heavy (non-hydrogen) atoms. The van der Waals surface area contributed by atoms with Crippen LogP contribution in [0.25, 0.3) is 0 Å². The summed E-state index contributed by atoms with van der Waals surface area (Å²) in [5.41, 5.74) is 3.57. The number of nitrogens with zero attached hydrogens (tertiary/aromatic N) is 2. The molecule has 1 unspecified atom stereocenters. The minimum Gasteiger partial charge on any atom is -0.494 e.